The molecule has 4 nitrogen and oxygen atoms in total. The number of esters is 1. The molecule has 1 heterocycles. The maximum Gasteiger partial charge on any atom is 0.316 e. The fourth-order valence-electron chi connectivity index (χ4n) is 1.24. The van der Waals surface area contributed by atoms with Gasteiger partial charge in [0.15, 0.2) is 0 Å². The summed E-state index contributed by atoms with van der Waals surface area (Å²) in [6.07, 6.45) is 3.35. The first kappa shape index (κ1) is 13.6. The number of rotatable bonds is 2. The molecule has 0 aliphatic carbocycles. The van der Waals surface area contributed by atoms with Gasteiger partial charge < -0.3 is 4.74 Å². The quantitative estimate of drug-likeness (QED) is 0.740. The van der Waals surface area contributed by atoms with Gasteiger partial charge >= 0.3 is 5.97 Å². The molecule has 0 unspecified atom stereocenters. The van der Waals surface area contributed by atoms with E-state index >= 15 is 0 Å². The number of aromatic nitrogens is 2. The van der Waals surface area contributed by atoms with Crippen LogP contribution in [-0.2, 0) is 14.9 Å². The van der Waals surface area contributed by atoms with Crippen molar-refractivity contribution in [1.82, 2.24) is 9.97 Å². The van der Waals surface area contributed by atoms with Gasteiger partial charge in [-0.1, -0.05) is 0 Å². The Hall–Kier alpha value is -1.45. The van der Waals surface area contributed by atoms with E-state index in [1.165, 1.54) is 0 Å². The first-order valence-corrected chi connectivity index (χ1v) is 5.65. The predicted octanol–water partition coefficient (Wildman–Crippen LogP) is 2.40. The zero-order chi connectivity index (χ0) is 13.3. The Balaban J connectivity index is 2.94. The van der Waals surface area contributed by atoms with E-state index in [1.54, 1.807) is 12.4 Å². The van der Waals surface area contributed by atoms with Crippen LogP contribution in [0.15, 0.2) is 12.4 Å². The van der Waals surface area contributed by atoms with Crippen LogP contribution in [0.3, 0.4) is 0 Å². The van der Waals surface area contributed by atoms with Gasteiger partial charge in [0.25, 0.3) is 0 Å². The number of aryl methyl sites for hydroxylation is 1. The van der Waals surface area contributed by atoms with Crippen LogP contribution >= 0.6 is 0 Å². The minimum absolute atomic E-state index is 0.266. The Bertz CT molecular complexity index is 402. The van der Waals surface area contributed by atoms with Gasteiger partial charge in [-0.05, 0) is 41.5 Å². The molecule has 0 aromatic carbocycles. The summed E-state index contributed by atoms with van der Waals surface area (Å²) in [4.78, 5) is 20.3. The molecule has 17 heavy (non-hydrogen) atoms. The van der Waals surface area contributed by atoms with E-state index in [-0.39, 0.29) is 5.97 Å². The van der Waals surface area contributed by atoms with E-state index in [1.807, 2.05) is 41.5 Å². The normalized spacial score (nSPS) is 12.4. The molecule has 0 spiro atoms. The number of carbonyl (C=O) groups is 1. The summed E-state index contributed by atoms with van der Waals surface area (Å²) in [5, 5.41) is 0. The Morgan fingerprint density at radius 2 is 1.59 bits per heavy atom. The lowest BCUT2D eigenvalue weighted by Crippen LogP contribution is -2.37. The monoisotopic (exact) mass is 236 g/mol. The Morgan fingerprint density at radius 1 is 1.12 bits per heavy atom. The second-order valence-electron chi connectivity index (χ2n) is 5.65. The zero-order valence-electron chi connectivity index (χ0n) is 11.4. The molecule has 0 fully saturated rings. The third-order valence-corrected chi connectivity index (χ3v) is 2.41. The molecule has 0 saturated heterocycles. The van der Waals surface area contributed by atoms with Crippen molar-refractivity contribution in [3.05, 3.63) is 23.8 Å². The molecule has 0 aliphatic heterocycles. The predicted molar refractivity (Wildman–Crippen MR) is 65.6 cm³/mol. The molecule has 0 N–H and O–H groups in total. The van der Waals surface area contributed by atoms with Crippen molar-refractivity contribution in [2.24, 2.45) is 0 Å². The smallest absolute Gasteiger partial charge is 0.316 e. The lowest BCUT2D eigenvalue weighted by Gasteiger charge is -2.28. The van der Waals surface area contributed by atoms with Crippen LogP contribution in [0.2, 0.25) is 0 Å². The lowest BCUT2D eigenvalue weighted by molar-refractivity contribution is -0.160. The summed E-state index contributed by atoms with van der Waals surface area (Å²) < 4.78 is 5.39. The molecule has 1 rings (SSSR count). The Morgan fingerprint density at radius 3 is 2.00 bits per heavy atom. The summed E-state index contributed by atoms with van der Waals surface area (Å²) >= 11 is 0. The van der Waals surface area contributed by atoms with Crippen molar-refractivity contribution in [3.8, 4) is 0 Å². The minimum Gasteiger partial charge on any atom is -0.459 e. The van der Waals surface area contributed by atoms with Crippen molar-refractivity contribution in [1.29, 1.82) is 0 Å². The van der Waals surface area contributed by atoms with Crippen molar-refractivity contribution >= 4 is 5.97 Å². The van der Waals surface area contributed by atoms with Crippen LogP contribution in [0.5, 0.6) is 0 Å². The summed E-state index contributed by atoms with van der Waals surface area (Å²) in [5.41, 5.74) is -0.460. The largest absolute Gasteiger partial charge is 0.459 e. The minimum atomic E-state index is -0.735. The molecule has 0 radical (unpaired) electrons. The van der Waals surface area contributed by atoms with E-state index in [0.29, 0.717) is 5.82 Å². The van der Waals surface area contributed by atoms with E-state index in [2.05, 4.69) is 9.97 Å². The van der Waals surface area contributed by atoms with Crippen LogP contribution in [-0.4, -0.2) is 21.5 Å². The number of hydrogen-bond donors (Lipinski definition) is 0. The van der Waals surface area contributed by atoms with Gasteiger partial charge in [-0.3, -0.25) is 4.79 Å². The topological polar surface area (TPSA) is 52.1 Å². The van der Waals surface area contributed by atoms with E-state index < -0.39 is 11.0 Å². The van der Waals surface area contributed by atoms with Crippen LogP contribution < -0.4 is 0 Å². The molecule has 1 aromatic heterocycles. The number of carbonyl (C=O) groups excluding carboxylic acids is 1. The third kappa shape index (κ3) is 3.51. The average Bonchev–Trinajstić information content (AvgIpc) is 2.15. The number of ether oxygens (including phenoxy) is 1. The van der Waals surface area contributed by atoms with Gasteiger partial charge in [-0.25, -0.2) is 9.97 Å². The summed E-state index contributed by atoms with van der Waals surface area (Å²) in [7, 11) is 0. The molecule has 0 bridgehead atoms. The first-order valence-electron chi connectivity index (χ1n) is 5.65. The maximum absolute atomic E-state index is 12.1. The number of hydrogen-bond acceptors (Lipinski definition) is 4. The van der Waals surface area contributed by atoms with Crippen molar-refractivity contribution < 1.29 is 9.53 Å². The molecule has 0 atom stereocenters. The Kier molecular flexibility index (Phi) is 3.55. The van der Waals surface area contributed by atoms with Crippen LogP contribution in [0.4, 0.5) is 0 Å². The molecule has 0 aliphatic rings. The Labute approximate surface area is 102 Å². The van der Waals surface area contributed by atoms with Gasteiger partial charge in [-0.2, -0.15) is 0 Å². The van der Waals surface area contributed by atoms with Gasteiger partial charge in [-0.15, -0.1) is 0 Å². The standard InChI is InChI=1S/C13H20N2O2/c1-9-14-7-10(8-15-9)13(5,6)11(16)17-12(2,3)4/h7-8H,1-6H3. The third-order valence-electron chi connectivity index (χ3n) is 2.41. The SMILES string of the molecule is Cc1ncc(C(C)(C)C(=O)OC(C)(C)C)cn1. The molecule has 94 valence electrons. The van der Waals surface area contributed by atoms with Crippen LogP contribution in [0.25, 0.3) is 0 Å². The van der Waals surface area contributed by atoms with E-state index in [0.717, 1.165) is 5.56 Å². The molecule has 4 heteroatoms. The van der Waals surface area contributed by atoms with Crippen molar-refractivity contribution in [3.63, 3.8) is 0 Å². The first-order chi connectivity index (χ1) is 7.63. The highest BCUT2D eigenvalue weighted by Gasteiger charge is 2.34. The van der Waals surface area contributed by atoms with E-state index in [9.17, 15) is 4.79 Å². The highest BCUT2D eigenvalue weighted by molar-refractivity contribution is 5.82. The molecule has 0 amide bonds. The summed E-state index contributed by atoms with van der Waals surface area (Å²) in [6, 6.07) is 0. The van der Waals surface area contributed by atoms with Crippen molar-refractivity contribution in [2.75, 3.05) is 0 Å². The molecular weight excluding hydrogens is 216 g/mol. The van der Waals surface area contributed by atoms with Crippen LogP contribution in [0, 0.1) is 6.92 Å². The molecule has 1 aromatic rings. The second-order valence-corrected chi connectivity index (χ2v) is 5.65. The van der Waals surface area contributed by atoms with Crippen molar-refractivity contribution in [2.45, 2.75) is 52.6 Å². The maximum atomic E-state index is 12.1. The second kappa shape index (κ2) is 4.43. The van der Waals surface area contributed by atoms with Gasteiger partial charge in [0, 0.05) is 18.0 Å². The number of nitrogens with zero attached hydrogens (tertiary/aromatic N) is 2. The van der Waals surface area contributed by atoms with Gasteiger partial charge in [0.05, 0.1) is 5.41 Å². The lowest BCUT2D eigenvalue weighted by atomic mass is 9.86. The zero-order valence-corrected chi connectivity index (χ0v) is 11.4. The highest BCUT2D eigenvalue weighted by atomic mass is 16.6. The molecular formula is C13H20N2O2. The summed E-state index contributed by atoms with van der Waals surface area (Å²) in [5.74, 6) is 0.422. The van der Waals surface area contributed by atoms with Gasteiger partial charge in [0.1, 0.15) is 11.4 Å². The van der Waals surface area contributed by atoms with Gasteiger partial charge in [0.2, 0.25) is 0 Å². The highest BCUT2D eigenvalue weighted by Crippen LogP contribution is 2.25. The van der Waals surface area contributed by atoms with Crippen LogP contribution in [0.1, 0.15) is 46.0 Å². The fourth-order valence-corrected chi connectivity index (χ4v) is 1.24. The van der Waals surface area contributed by atoms with E-state index in [4.69, 9.17) is 4.74 Å². The average molecular weight is 236 g/mol. The fraction of sp³-hybridized carbons (Fsp3) is 0.615. The summed E-state index contributed by atoms with van der Waals surface area (Å²) in [6.45, 7) is 11.0. The molecule has 0 saturated carbocycles.